The second-order valence-electron chi connectivity index (χ2n) is 7.01. The van der Waals surface area contributed by atoms with Gasteiger partial charge in [-0.25, -0.2) is 0 Å². The monoisotopic (exact) mass is 323 g/mol. The van der Waals surface area contributed by atoms with Gasteiger partial charge in [0.05, 0.1) is 5.41 Å². The smallest absolute Gasteiger partial charge is 0.313 e. The first-order valence-corrected chi connectivity index (χ1v) is 8.03. The van der Waals surface area contributed by atoms with Crippen molar-refractivity contribution in [3.05, 3.63) is 71.3 Å². The van der Waals surface area contributed by atoms with Crippen LogP contribution in [0.5, 0.6) is 0 Å². The molecular weight excluding hydrogens is 302 g/mol. The van der Waals surface area contributed by atoms with Gasteiger partial charge in [0.25, 0.3) is 5.91 Å². The zero-order valence-corrected chi connectivity index (χ0v) is 14.2. The molecule has 1 aliphatic rings. The van der Waals surface area contributed by atoms with E-state index in [4.69, 9.17) is 4.74 Å². The van der Waals surface area contributed by atoms with Crippen molar-refractivity contribution in [2.75, 3.05) is 0 Å². The van der Waals surface area contributed by atoms with Crippen LogP contribution in [0, 0.1) is 5.41 Å². The van der Waals surface area contributed by atoms with Crippen molar-refractivity contribution in [3.8, 4) is 0 Å². The van der Waals surface area contributed by atoms with Gasteiger partial charge >= 0.3 is 5.97 Å². The Morgan fingerprint density at radius 1 is 1.04 bits per heavy atom. The molecule has 0 N–H and O–H groups in total. The maximum atomic E-state index is 12.8. The molecule has 0 radical (unpaired) electrons. The fourth-order valence-corrected chi connectivity index (χ4v) is 2.68. The molecule has 4 nitrogen and oxygen atoms in total. The van der Waals surface area contributed by atoms with Gasteiger partial charge in [-0.3, -0.25) is 14.5 Å². The lowest BCUT2D eigenvalue weighted by Crippen LogP contribution is -2.33. The second-order valence-corrected chi connectivity index (χ2v) is 7.01. The molecule has 0 fully saturated rings. The summed E-state index contributed by atoms with van der Waals surface area (Å²) < 4.78 is 5.72. The van der Waals surface area contributed by atoms with Crippen LogP contribution in [-0.2, 0) is 16.1 Å². The predicted molar refractivity (Wildman–Crippen MR) is 91.0 cm³/mol. The Kier molecular flexibility index (Phi) is 4.14. The van der Waals surface area contributed by atoms with Crippen molar-refractivity contribution in [2.45, 2.75) is 33.5 Å². The van der Waals surface area contributed by atoms with E-state index in [0.717, 1.165) is 11.1 Å². The van der Waals surface area contributed by atoms with Crippen LogP contribution >= 0.6 is 0 Å². The fourth-order valence-electron chi connectivity index (χ4n) is 2.68. The maximum Gasteiger partial charge on any atom is 0.313 e. The highest BCUT2D eigenvalue weighted by Crippen LogP contribution is 2.37. The minimum Gasteiger partial charge on any atom is -0.437 e. The molecule has 0 saturated heterocycles. The highest BCUT2D eigenvalue weighted by atomic mass is 16.6. The summed E-state index contributed by atoms with van der Waals surface area (Å²) in [5, 5.41) is 0. The van der Waals surface area contributed by atoms with E-state index >= 15 is 0 Å². The SMILES string of the molecule is CC(C)(C)C(=O)OC1c2ccccc2C(=O)N1Cc1ccccc1. The number of amides is 1. The van der Waals surface area contributed by atoms with Crippen LogP contribution in [-0.4, -0.2) is 16.8 Å². The molecule has 2 aromatic carbocycles. The van der Waals surface area contributed by atoms with E-state index in [9.17, 15) is 9.59 Å². The first-order chi connectivity index (χ1) is 11.4. The lowest BCUT2D eigenvalue weighted by molar-refractivity contribution is -0.166. The number of ether oxygens (including phenoxy) is 1. The molecule has 1 amide bonds. The Morgan fingerprint density at radius 3 is 2.33 bits per heavy atom. The molecule has 0 bridgehead atoms. The summed E-state index contributed by atoms with van der Waals surface area (Å²) in [6.07, 6.45) is -0.680. The van der Waals surface area contributed by atoms with Crippen molar-refractivity contribution >= 4 is 11.9 Å². The molecule has 1 unspecified atom stereocenters. The summed E-state index contributed by atoms with van der Waals surface area (Å²) in [4.78, 5) is 26.8. The first kappa shape index (κ1) is 16.2. The second kappa shape index (κ2) is 6.11. The third-order valence-corrected chi connectivity index (χ3v) is 4.03. The lowest BCUT2D eigenvalue weighted by Gasteiger charge is -2.28. The molecule has 0 spiro atoms. The lowest BCUT2D eigenvalue weighted by atomic mass is 9.97. The average molecular weight is 323 g/mol. The van der Waals surface area contributed by atoms with E-state index in [1.807, 2.05) is 48.5 Å². The average Bonchev–Trinajstić information content (AvgIpc) is 2.81. The minimum atomic E-state index is -0.680. The van der Waals surface area contributed by atoms with Gasteiger partial charge in [-0.2, -0.15) is 0 Å². The van der Waals surface area contributed by atoms with E-state index in [0.29, 0.717) is 12.1 Å². The van der Waals surface area contributed by atoms with Gasteiger partial charge in [0.1, 0.15) is 0 Å². The van der Waals surface area contributed by atoms with Gasteiger partial charge in [0.2, 0.25) is 6.23 Å². The molecule has 0 saturated carbocycles. The van der Waals surface area contributed by atoms with Gasteiger partial charge in [-0.15, -0.1) is 0 Å². The van der Waals surface area contributed by atoms with Crippen molar-refractivity contribution in [2.24, 2.45) is 5.41 Å². The van der Waals surface area contributed by atoms with Crippen LogP contribution in [0.25, 0.3) is 0 Å². The number of nitrogens with zero attached hydrogens (tertiary/aromatic N) is 1. The number of carbonyl (C=O) groups excluding carboxylic acids is 2. The van der Waals surface area contributed by atoms with Crippen LogP contribution in [0.3, 0.4) is 0 Å². The molecule has 1 aliphatic heterocycles. The summed E-state index contributed by atoms with van der Waals surface area (Å²) >= 11 is 0. The number of benzene rings is 2. The van der Waals surface area contributed by atoms with Crippen molar-refractivity contribution in [1.82, 2.24) is 4.90 Å². The summed E-state index contributed by atoms with van der Waals surface area (Å²) in [6.45, 7) is 5.81. The Labute approximate surface area is 142 Å². The fraction of sp³-hybridized carbons (Fsp3) is 0.300. The molecule has 4 heteroatoms. The van der Waals surface area contributed by atoms with Crippen LogP contribution in [0.15, 0.2) is 54.6 Å². The summed E-state index contributed by atoms with van der Waals surface area (Å²) in [6, 6.07) is 17.0. The van der Waals surface area contributed by atoms with Gasteiger partial charge in [0, 0.05) is 17.7 Å². The van der Waals surface area contributed by atoms with Crippen LogP contribution in [0.4, 0.5) is 0 Å². The Balaban J connectivity index is 1.94. The van der Waals surface area contributed by atoms with E-state index in [1.165, 1.54) is 0 Å². The Hall–Kier alpha value is -2.62. The highest BCUT2D eigenvalue weighted by molar-refractivity contribution is 5.99. The summed E-state index contributed by atoms with van der Waals surface area (Å²) in [5.41, 5.74) is 1.71. The van der Waals surface area contributed by atoms with Crippen molar-refractivity contribution in [1.29, 1.82) is 0 Å². The van der Waals surface area contributed by atoms with Crippen molar-refractivity contribution < 1.29 is 14.3 Å². The number of rotatable bonds is 3. The third kappa shape index (κ3) is 3.04. The number of hydrogen-bond acceptors (Lipinski definition) is 3. The Bertz CT molecular complexity index is 762. The van der Waals surface area contributed by atoms with E-state index in [-0.39, 0.29) is 11.9 Å². The predicted octanol–water partition coefficient (Wildman–Crippen LogP) is 3.93. The van der Waals surface area contributed by atoms with Gasteiger partial charge in [-0.05, 0) is 32.4 Å². The van der Waals surface area contributed by atoms with E-state index < -0.39 is 11.6 Å². The van der Waals surface area contributed by atoms with Gasteiger partial charge in [-0.1, -0.05) is 48.5 Å². The zero-order valence-electron chi connectivity index (χ0n) is 14.2. The standard InChI is InChI=1S/C20H21NO3/c1-20(2,3)19(23)24-18-16-12-8-7-11-15(16)17(22)21(18)13-14-9-5-4-6-10-14/h4-12,18H,13H2,1-3H3. The molecular formula is C20H21NO3. The highest BCUT2D eigenvalue weighted by Gasteiger charge is 2.40. The normalized spacial score (nSPS) is 16.9. The molecule has 1 atom stereocenters. The molecule has 124 valence electrons. The van der Waals surface area contributed by atoms with E-state index in [1.54, 1.807) is 31.7 Å². The van der Waals surface area contributed by atoms with Crippen LogP contribution < -0.4 is 0 Å². The molecule has 2 aromatic rings. The number of esters is 1. The molecule has 1 heterocycles. The minimum absolute atomic E-state index is 0.110. The largest absolute Gasteiger partial charge is 0.437 e. The summed E-state index contributed by atoms with van der Waals surface area (Å²) in [5.74, 6) is -0.434. The molecule has 0 aliphatic carbocycles. The number of carbonyl (C=O) groups is 2. The molecule has 0 aromatic heterocycles. The zero-order chi connectivity index (χ0) is 17.3. The Morgan fingerprint density at radius 2 is 1.67 bits per heavy atom. The number of hydrogen-bond donors (Lipinski definition) is 0. The first-order valence-electron chi connectivity index (χ1n) is 8.03. The summed E-state index contributed by atoms with van der Waals surface area (Å²) in [7, 11) is 0. The van der Waals surface area contributed by atoms with Gasteiger partial charge < -0.3 is 4.74 Å². The maximum absolute atomic E-state index is 12.8. The van der Waals surface area contributed by atoms with Crippen molar-refractivity contribution in [3.63, 3.8) is 0 Å². The van der Waals surface area contributed by atoms with Crippen LogP contribution in [0.2, 0.25) is 0 Å². The van der Waals surface area contributed by atoms with E-state index in [2.05, 4.69) is 0 Å². The van der Waals surface area contributed by atoms with Gasteiger partial charge in [0.15, 0.2) is 0 Å². The van der Waals surface area contributed by atoms with Crippen LogP contribution in [0.1, 0.15) is 48.5 Å². The quantitative estimate of drug-likeness (QED) is 0.804. The molecule has 3 rings (SSSR count). The topological polar surface area (TPSA) is 46.6 Å². The number of fused-ring (bicyclic) bond motifs is 1. The molecule has 24 heavy (non-hydrogen) atoms. The third-order valence-electron chi connectivity index (χ3n) is 4.03.